The Morgan fingerprint density at radius 1 is 1.25 bits per heavy atom. The van der Waals surface area contributed by atoms with E-state index in [1.807, 2.05) is 0 Å². The van der Waals surface area contributed by atoms with Crippen LogP contribution in [0.1, 0.15) is 60.3 Å². The first-order valence-electron chi connectivity index (χ1n) is 8.32. The highest BCUT2D eigenvalue weighted by Gasteiger charge is 2.41. The monoisotopic (exact) mass is 279 g/mol. The maximum atomic E-state index is 9.58. The summed E-state index contributed by atoms with van der Waals surface area (Å²) in [5.74, 6) is 1.38. The van der Waals surface area contributed by atoms with E-state index in [9.17, 15) is 5.26 Å². The van der Waals surface area contributed by atoms with Crippen molar-refractivity contribution in [3.63, 3.8) is 0 Å². The zero-order valence-corrected chi connectivity index (χ0v) is 14.1. The van der Waals surface area contributed by atoms with Gasteiger partial charge in [0.1, 0.15) is 5.54 Å². The lowest BCUT2D eigenvalue weighted by molar-refractivity contribution is 0.153. The molecule has 0 bridgehead atoms. The van der Waals surface area contributed by atoms with Crippen molar-refractivity contribution in [2.75, 3.05) is 19.6 Å². The van der Waals surface area contributed by atoms with Gasteiger partial charge in [0.25, 0.3) is 0 Å². The van der Waals surface area contributed by atoms with Crippen LogP contribution < -0.4 is 5.32 Å². The summed E-state index contributed by atoms with van der Waals surface area (Å²) >= 11 is 0. The molecular weight excluding hydrogens is 246 g/mol. The van der Waals surface area contributed by atoms with Crippen LogP contribution in [0.15, 0.2) is 0 Å². The van der Waals surface area contributed by atoms with Crippen molar-refractivity contribution in [2.45, 2.75) is 71.9 Å². The Kier molecular flexibility index (Phi) is 6.99. The van der Waals surface area contributed by atoms with E-state index in [1.54, 1.807) is 0 Å². The molecule has 0 aliphatic heterocycles. The summed E-state index contributed by atoms with van der Waals surface area (Å²) in [7, 11) is 0. The molecule has 0 aromatic carbocycles. The third kappa shape index (κ3) is 5.07. The van der Waals surface area contributed by atoms with Crippen LogP contribution in [0, 0.1) is 23.2 Å². The molecule has 0 saturated heterocycles. The van der Waals surface area contributed by atoms with E-state index in [1.165, 1.54) is 0 Å². The number of hydrogen-bond donors (Lipinski definition) is 1. The van der Waals surface area contributed by atoms with Gasteiger partial charge in [-0.2, -0.15) is 5.26 Å². The number of rotatable bonds is 8. The van der Waals surface area contributed by atoms with Crippen LogP contribution in [-0.2, 0) is 0 Å². The molecule has 1 aliphatic carbocycles. The van der Waals surface area contributed by atoms with Crippen molar-refractivity contribution in [3.8, 4) is 6.07 Å². The lowest BCUT2D eigenvalue weighted by Crippen LogP contribution is -2.45. The van der Waals surface area contributed by atoms with Crippen LogP contribution in [0.25, 0.3) is 0 Å². The predicted molar refractivity (Wildman–Crippen MR) is 85.5 cm³/mol. The van der Waals surface area contributed by atoms with Crippen molar-refractivity contribution < 1.29 is 0 Å². The van der Waals surface area contributed by atoms with E-state index in [4.69, 9.17) is 0 Å². The van der Waals surface area contributed by atoms with E-state index in [-0.39, 0.29) is 5.54 Å². The minimum absolute atomic E-state index is 0.271. The fourth-order valence-corrected chi connectivity index (χ4v) is 3.31. The summed E-state index contributed by atoms with van der Waals surface area (Å²) in [4.78, 5) is 2.63. The lowest BCUT2D eigenvalue weighted by atomic mass is 9.98. The molecule has 3 nitrogen and oxygen atoms in total. The van der Waals surface area contributed by atoms with Gasteiger partial charge in [0.15, 0.2) is 0 Å². The molecule has 0 aromatic heterocycles. The molecule has 0 amide bonds. The van der Waals surface area contributed by atoms with Crippen LogP contribution in [0.3, 0.4) is 0 Å². The lowest BCUT2D eigenvalue weighted by Gasteiger charge is -2.33. The molecule has 3 heteroatoms. The first-order valence-corrected chi connectivity index (χ1v) is 8.32. The maximum Gasteiger partial charge on any atom is 0.108 e. The molecule has 0 aromatic rings. The summed E-state index contributed by atoms with van der Waals surface area (Å²) in [6, 6.07) is 3.14. The van der Waals surface area contributed by atoms with Crippen molar-refractivity contribution in [3.05, 3.63) is 0 Å². The molecule has 1 N–H and O–H groups in total. The third-order valence-electron chi connectivity index (χ3n) is 4.13. The normalized spacial score (nSPS) is 26.6. The largest absolute Gasteiger partial charge is 0.300 e. The molecular formula is C17H33N3. The minimum atomic E-state index is -0.271. The van der Waals surface area contributed by atoms with Crippen LogP contribution in [0.5, 0.6) is 0 Å². The molecule has 0 spiro atoms. The van der Waals surface area contributed by atoms with Crippen molar-refractivity contribution in [2.24, 2.45) is 11.8 Å². The first-order chi connectivity index (χ1) is 9.42. The molecule has 1 rings (SSSR count). The second-order valence-corrected chi connectivity index (χ2v) is 7.26. The van der Waals surface area contributed by atoms with Crippen LogP contribution in [0.4, 0.5) is 0 Å². The van der Waals surface area contributed by atoms with Crippen LogP contribution >= 0.6 is 0 Å². The molecule has 1 saturated carbocycles. The SMILES string of the molecule is CCCNC1(C#N)CCC(N(CC(C)C)CC(C)C)C1. The summed E-state index contributed by atoms with van der Waals surface area (Å²) in [5.41, 5.74) is -0.271. The molecule has 0 radical (unpaired) electrons. The van der Waals surface area contributed by atoms with Gasteiger partial charge >= 0.3 is 0 Å². The second-order valence-electron chi connectivity index (χ2n) is 7.26. The average molecular weight is 279 g/mol. The Morgan fingerprint density at radius 2 is 1.85 bits per heavy atom. The molecule has 1 aliphatic rings. The summed E-state index contributed by atoms with van der Waals surface area (Å²) in [6.45, 7) is 14.6. The number of hydrogen-bond acceptors (Lipinski definition) is 3. The Morgan fingerprint density at radius 3 is 2.30 bits per heavy atom. The van der Waals surface area contributed by atoms with E-state index >= 15 is 0 Å². The Labute approximate surface area is 125 Å². The van der Waals surface area contributed by atoms with Gasteiger partial charge in [-0.1, -0.05) is 34.6 Å². The summed E-state index contributed by atoms with van der Waals surface area (Å²) in [5, 5.41) is 13.1. The third-order valence-corrected chi connectivity index (χ3v) is 4.13. The topological polar surface area (TPSA) is 39.1 Å². The molecule has 2 atom stereocenters. The van der Waals surface area contributed by atoms with Crippen molar-refractivity contribution >= 4 is 0 Å². The zero-order chi connectivity index (χ0) is 15.2. The number of nitrogens with zero attached hydrogens (tertiary/aromatic N) is 2. The summed E-state index contributed by atoms with van der Waals surface area (Å²) in [6.07, 6.45) is 4.24. The molecule has 116 valence electrons. The van der Waals surface area contributed by atoms with E-state index in [2.05, 4.69) is 50.9 Å². The Balaban J connectivity index is 2.67. The highest BCUT2D eigenvalue weighted by molar-refractivity contribution is 5.13. The van der Waals surface area contributed by atoms with Gasteiger partial charge in [0.2, 0.25) is 0 Å². The van der Waals surface area contributed by atoms with Gasteiger partial charge in [-0.05, 0) is 44.1 Å². The average Bonchev–Trinajstić information content (AvgIpc) is 2.79. The molecule has 2 unspecified atom stereocenters. The number of nitrogens with one attached hydrogen (secondary N) is 1. The van der Waals surface area contributed by atoms with Gasteiger partial charge in [-0.3, -0.25) is 10.2 Å². The molecule has 0 heterocycles. The molecule has 1 fully saturated rings. The quantitative estimate of drug-likeness (QED) is 0.740. The van der Waals surface area contributed by atoms with E-state index in [0.29, 0.717) is 17.9 Å². The van der Waals surface area contributed by atoms with Gasteiger partial charge in [0.05, 0.1) is 6.07 Å². The van der Waals surface area contributed by atoms with Gasteiger partial charge in [0, 0.05) is 19.1 Å². The first kappa shape index (κ1) is 17.5. The zero-order valence-electron chi connectivity index (χ0n) is 14.1. The van der Waals surface area contributed by atoms with Crippen LogP contribution in [-0.4, -0.2) is 36.1 Å². The van der Waals surface area contributed by atoms with E-state index < -0.39 is 0 Å². The van der Waals surface area contributed by atoms with Gasteiger partial charge < -0.3 is 0 Å². The highest BCUT2D eigenvalue weighted by Crippen LogP contribution is 2.33. The standard InChI is InChI=1S/C17H33N3/c1-6-9-19-17(13-18)8-7-16(10-17)20(11-14(2)3)12-15(4)5/h14-16,19H,6-12H2,1-5H3. The Bertz CT molecular complexity index is 309. The fraction of sp³-hybridized carbons (Fsp3) is 0.941. The molecule has 20 heavy (non-hydrogen) atoms. The van der Waals surface area contributed by atoms with Gasteiger partial charge in [-0.15, -0.1) is 0 Å². The van der Waals surface area contributed by atoms with Crippen molar-refractivity contribution in [1.29, 1.82) is 5.26 Å². The highest BCUT2D eigenvalue weighted by atomic mass is 15.2. The fourth-order valence-electron chi connectivity index (χ4n) is 3.31. The van der Waals surface area contributed by atoms with Crippen LogP contribution in [0.2, 0.25) is 0 Å². The van der Waals surface area contributed by atoms with E-state index in [0.717, 1.165) is 45.3 Å². The number of nitriles is 1. The van der Waals surface area contributed by atoms with Gasteiger partial charge in [-0.25, -0.2) is 0 Å². The summed E-state index contributed by atoms with van der Waals surface area (Å²) < 4.78 is 0. The predicted octanol–water partition coefficient (Wildman–Crippen LogP) is 3.41. The minimum Gasteiger partial charge on any atom is -0.300 e. The van der Waals surface area contributed by atoms with Crippen molar-refractivity contribution in [1.82, 2.24) is 10.2 Å². The smallest absolute Gasteiger partial charge is 0.108 e. The Hall–Kier alpha value is -0.590. The maximum absolute atomic E-state index is 9.58. The second kappa shape index (κ2) is 8.00.